The lowest BCUT2D eigenvalue weighted by Gasteiger charge is -2.13. The van der Waals surface area contributed by atoms with Crippen LogP contribution in [0.25, 0.3) is 0 Å². The smallest absolute Gasteiger partial charge is 0.233 e. The number of rotatable bonds is 7. The number of pyridine rings is 1. The first-order valence-electron chi connectivity index (χ1n) is 7.31. The maximum Gasteiger partial charge on any atom is 0.233 e. The van der Waals surface area contributed by atoms with Gasteiger partial charge < -0.3 is 14.8 Å². The third-order valence-electron chi connectivity index (χ3n) is 3.30. The van der Waals surface area contributed by atoms with Crippen LogP contribution in [0.3, 0.4) is 0 Å². The number of thioether (sulfide) groups is 1. The highest BCUT2D eigenvalue weighted by atomic mass is 35.5. The number of hydrogen-bond acceptors (Lipinski definition) is 5. The van der Waals surface area contributed by atoms with E-state index in [4.69, 9.17) is 21.1 Å². The van der Waals surface area contributed by atoms with Crippen molar-refractivity contribution in [2.75, 3.05) is 14.2 Å². The van der Waals surface area contributed by atoms with E-state index < -0.39 is 0 Å². The minimum atomic E-state index is -0.308. The number of methoxy groups -OCH3 is 2. The average Bonchev–Trinajstić information content (AvgIpc) is 2.61. The predicted octanol–water partition coefficient (Wildman–Crippen LogP) is 3.55. The predicted molar refractivity (Wildman–Crippen MR) is 96.0 cm³/mol. The van der Waals surface area contributed by atoms with Crippen molar-refractivity contribution < 1.29 is 14.3 Å². The third kappa shape index (κ3) is 4.79. The summed E-state index contributed by atoms with van der Waals surface area (Å²) >= 11 is 7.39. The Labute approximate surface area is 150 Å². The topological polar surface area (TPSA) is 60.5 Å². The Balaban J connectivity index is 1.94. The molecule has 0 aliphatic heterocycles. The first kappa shape index (κ1) is 18.4. The van der Waals surface area contributed by atoms with Crippen LogP contribution in [-0.4, -0.2) is 30.4 Å². The molecule has 1 aromatic heterocycles. The zero-order valence-electron chi connectivity index (χ0n) is 13.7. The molecule has 0 radical (unpaired) electrons. The van der Waals surface area contributed by atoms with E-state index in [-0.39, 0.29) is 11.2 Å². The second kappa shape index (κ2) is 8.80. The summed E-state index contributed by atoms with van der Waals surface area (Å²) in [4.78, 5) is 16.4. The van der Waals surface area contributed by atoms with Crippen molar-refractivity contribution in [1.29, 1.82) is 0 Å². The molecule has 1 N–H and O–H groups in total. The van der Waals surface area contributed by atoms with Gasteiger partial charge in [-0.3, -0.25) is 4.79 Å². The van der Waals surface area contributed by atoms with E-state index in [1.165, 1.54) is 11.8 Å². The van der Waals surface area contributed by atoms with Gasteiger partial charge in [-0.1, -0.05) is 29.4 Å². The summed E-state index contributed by atoms with van der Waals surface area (Å²) in [5.74, 6) is 1.20. The van der Waals surface area contributed by atoms with Gasteiger partial charge in [-0.15, -0.1) is 0 Å². The van der Waals surface area contributed by atoms with E-state index in [9.17, 15) is 4.79 Å². The minimum absolute atomic E-state index is 0.0866. The van der Waals surface area contributed by atoms with Gasteiger partial charge in [-0.2, -0.15) is 0 Å². The molecule has 5 nitrogen and oxygen atoms in total. The number of amides is 1. The van der Waals surface area contributed by atoms with Gasteiger partial charge in [0.1, 0.15) is 5.03 Å². The number of aromatic nitrogens is 1. The first-order chi connectivity index (χ1) is 11.5. The molecule has 0 fully saturated rings. The van der Waals surface area contributed by atoms with Crippen molar-refractivity contribution in [3.05, 3.63) is 47.1 Å². The van der Waals surface area contributed by atoms with Gasteiger partial charge in [-0.25, -0.2) is 4.98 Å². The maximum atomic E-state index is 12.3. The van der Waals surface area contributed by atoms with Gasteiger partial charge in [0.2, 0.25) is 5.91 Å². The molecule has 0 aliphatic carbocycles. The highest BCUT2D eigenvalue weighted by Gasteiger charge is 2.16. The molecule has 128 valence electrons. The zero-order chi connectivity index (χ0) is 17.5. The number of carbonyl (C=O) groups is 1. The monoisotopic (exact) mass is 366 g/mol. The van der Waals surface area contributed by atoms with Crippen LogP contribution < -0.4 is 14.8 Å². The second-order valence-electron chi connectivity index (χ2n) is 4.96. The van der Waals surface area contributed by atoms with Gasteiger partial charge in [0.15, 0.2) is 11.5 Å². The molecule has 2 rings (SSSR count). The number of hydrogen-bond donors (Lipinski definition) is 1. The van der Waals surface area contributed by atoms with E-state index in [0.717, 1.165) is 5.56 Å². The summed E-state index contributed by atoms with van der Waals surface area (Å²) in [5, 5.41) is 3.78. The molecule has 1 amide bonds. The Kier molecular flexibility index (Phi) is 6.75. The highest BCUT2D eigenvalue weighted by Crippen LogP contribution is 2.29. The largest absolute Gasteiger partial charge is 0.493 e. The molecule has 0 bridgehead atoms. The van der Waals surface area contributed by atoms with Crippen LogP contribution in [0.5, 0.6) is 11.5 Å². The van der Waals surface area contributed by atoms with Gasteiger partial charge in [0.05, 0.1) is 24.5 Å². The molecule has 2 aromatic rings. The minimum Gasteiger partial charge on any atom is -0.493 e. The first-order valence-corrected chi connectivity index (χ1v) is 8.56. The molecular weight excluding hydrogens is 348 g/mol. The van der Waals surface area contributed by atoms with Crippen molar-refractivity contribution in [3.63, 3.8) is 0 Å². The van der Waals surface area contributed by atoms with Gasteiger partial charge in [-0.05, 0) is 36.8 Å². The lowest BCUT2D eigenvalue weighted by Crippen LogP contribution is -2.30. The van der Waals surface area contributed by atoms with Crippen LogP contribution in [0.15, 0.2) is 41.6 Å². The maximum absolute atomic E-state index is 12.3. The summed E-state index contributed by atoms with van der Waals surface area (Å²) in [6, 6.07) is 9.05. The summed E-state index contributed by atoms with van der Waals surface area (Å²) in [6.07, 6.45) is 1.66. The Morgan fingerprint density at radius 2 is 2.04 bits per heavy atom. The van der Waals surface area contributed by atoms with E-state index >= 15 is 0 Å². The van der Waals surface area contributed by atoms with E-state index in [0.29, 0.717) is 28.1 Å². The number of carbonyl (C=O) groups excluding carboxylic acids is 1. The summed E-state index contributed by atoms with van der Waals surface area (Å²) in [7, 11) is 3.16. The van der Waals surface area contributed by atoms with Gasteiger partial charge in [0, 0.05) is 12.7 Å². The van der Waals surface area contributed by atoms with E-state index in [1.54, 1.807) is 32.5 Å². The fraction of sp³-hybridized carbons (Fsp3) is 0.294. The number of nitrogens with zero attached hydrogens (tertiary/aromatic N) is 1. The molecule has 1 atom stereocenters. The molecule has 7 heteroatoms. The fourth-order valence-corrected chi connectivity index (χ4v) is 3.09. The number of nitrogens with one attached hydrogen (secondary N) is 1. The normalized spacial score (nSPS) is 11.7. The molecule has 1 unspecified atom stereocenters. The summed E-state index contributed by atoms with van der Waals surface area (Å²) in [5.41, 5.74) is 0.925. The van der Waals surface area contributed by atoms with Gasteiger partial charge >= 0.3 is 0 Å². The average molecular weight is 367 g/mol. The number of benzene rings is 1. The molecule has 0 saturated carbocycles. The Morgan fingerprint density at radius 3 is 2.71 bits per heavy atom. The molecule has 0 spiro atoms. The molecule has 24 heavy (non-hydrogen) atoms. The van der Waals surface area contributed by atoms with Crippen LogP contribution in [0.1, 0.15) is 12.5 Å². The second-order valence-corrected chi connectivity index (χ2v) is 6.69. The van der Waals surface area contributed by atoms with Crippen LogP contribution in [-0.2, 0) is 11.3 Å². The molecule has 0 saturated heterocycles. The third-order valence-corrected chi connectivity index (χ3v) is 4.83. The molecule has 1 heterocycles. The van der Waals surface area contributed by atoms with Crippen LogP contribution >= 0.6 is 23.4 Å². The highest BCUT2D eigenvalue weighted by molar-refractivity contribution is 8.00. The van der Waals surface area contributed by atoms with E-state index in [1.807, 2.05) is 25.1 Å². The molecular formula is C17H19ClN2O3S. The lowest BCUT2D eigenvalue weighted by molar-refractivity contribution is -0.120. The van der Waals surface area contributed by atoms with Crippen molar-refractivity contribution >= 4 is 29.3 Å². The fourth-order valence-electron chi connectivity index (χ4n) is 2.00. The number of halogens is 1. The van der Waals surface area contributed by atoms with Gasteiger partial charge in [0.25, 0.3) is 0 Å². The van der Waals surface area contributed by atoms with E-state index in [2.05, 4.69) is 10.3 Å². The summed E-state index contributed by atoms with van der Waals surface area (Å²) < 4.78 is 10.5. The Morgan fingerprint density at radius 1 is 1.29 bits per heavy atom. The van der Waals surface area contributed by atoms with Crippen LogP contribution in [0, 0.1) is 0 Å². The van der Waals surface area contributed by atoms with Crippen molar-refractivity contribution in [2.24, 2.45) is 0 Å². The standard InChI is InChI=1S/C17H19ClN2O3S/c1-11(24-17-13(18)5-4-8-19-17)16(21)20-10-12-6-7-14(22-2)15(9-12)23-3/h4-9,11H,10H2,1-3H3,(H,20,21). The lowest BCUT2D eigenvalue weighted by atomic mass is 10.2. The SMILES string of the molecule is COc1ccc(CNC(=O)C(C)Sc2ncccc2Cl)cc1OC. The quantitative estimate of drug-likeness (QED) is 0.759. The molecule has 1 aromatic carbocycles. The molecule has 0 aliphatic rings. The van der Waals surface area contributed by atoms with Crippen molar-refractivity contribution in [3.8, 4) is 11.5 Å². The zero-order valence-corrected chi connectivity index (χ0v) is 15.3. The number of ether oxygens (including phenoxy) is 2. The van der Waals surface area contributed by atoms with Crippen LogP contribution in [0.2, 0.25) is 5.02 Å². The van der Waals surface area contributed by atoms with Crippen molar-refractivity contribution in [1.82, 2.24) is 10.3 Å². The summed E-state index contributed by atoms with van der Waals surface area (Å²) in [6.45, 7) is 2.22. The van der Waals surface area contributed by atoms with Crippen LogP contribution in [0.4, 0.5) is 0 Å². The Bertz CT molecular complexity index is 712. The Hall–Kier alpha value is -1.92. The van der Waals surface area contributed by atoms with Crippen molar-refractivity contribution in [2.45, 2.75) is 23.7 Å².